The van der Waals surface area contributed by atoms with Gasteiger partial charge in [-0.3, -0.25) is 4.79 Å². The van der Waals surface area contributed by atoms with Crippen molar-refractivity contribution in [3.8, 4) is 0 Å². The number of carbonyl (C=O) groups excluding carboxylic acids is 2. The van der Waals surface area contributed by atoms with Gasteiger partial charge in [-0.2, -0.15) is 0 Å². The van der Waals surface area contributed by atoms with E-state index in [-0.39, 0.29) is 36.3 Å². The normalized spacial score (nSPS) is 42.6. The topological polar surface area (TPSA) is 52.6 Å². The summed E-state index contributed by atoms with van der Waals surface area (Å²) in [5.41, 5.74) is 1.38. The average Bonchev–Trinajstić information content (AvgIpc) is 2.88. The number of ether oxygens (including phenoxy) is 2. The number of cyclic esters (lactones) is 1. The van der Waals surface area contributed by atoms with Gasteiger partial charge in [0.1, 0.15) is 0 Å². The molecule has 20 heavy (non-hydrogen) atoms. The van der Waals surface area contributed by atoms with E-state index < -0.39 is 5.41 Å². The van der Waals surface area contributed by atoms with Gasteiger partial charge in [-0.15, -0.1) is 0 Å². The Labute approximate surface area is 118 Å². The summed E-state index contributed by atoms with van der Waals surface area (Å²) >= 11 is 0. The zero-order chi connectivity index (χ0) is 14.7. The van der Waals surface area contributed by atoms with Crippen LogP contribution in [0.3, 0.4) is 0 Å². The molecule has 0 unspecified atom stereocenters. The van der Waals surface area contributed by atoms with E-state index in [9.17, 15) is 9.59 Å². The van der Waals surface area contributed by atoms with Crippen LogP contribution < -0.4 is 0 Å². The van der Waals surface area contributed by atoms with Crippen LogP contribution in [0.4, 0.5) is 0 Å². The maximum Gasteiger partial charge on any atom is 0.334 e. The smallest absolute Gasteiger partial charge is 0.334 e. The van der Waals surface area contributed by atoms with Gasteiger partial charge >= 0.3 is 11.9 Å². The third-order valence-electron chi connectivity index (χ3n) is 5.68. The second-order valence-electron chi connectivity index (χ2n) is 6.27. The van der Waals surface area contributed by atoms with Crippen molar-refractivity contribution in [1.29, 1.82) is 0 Å². The van der Waals surface area contributed by atoms with Crippen molar-refractivity contribution in [2.75, 3.05) is 13.7 Å². The molecule has 4 nitrogen and oxygen atoms in total. The van der Waals surface area contributed by atoms with Crippen LogP contribution in [0.1, 0.15) is 20.3 Å². The van der Waals surface area contributed by atoms with E-state index in [1.165, 1.54) is 12.7 Å². The maximum atomic E-state index is 12.1. The minimum Gasteiger partial charge on any atom is -0.469 e. The minimum atomic E-state index is -0.405. The molecule has 0 aromatic heterocycles. The van der Waals surface area contributed by atoms with Crippen molar-refractivity contribution >= 4 is 11.9 Å². The number of carbonyl (C=O) groups is 2. The molecule has 0 aromatic carbocycles. The molecule has 0 N–H and O–H groups in total. The van der Waals surface area contributed by atoms with Gasteiger partial charge in [-0.25, -0.2) is 4.79 Å². The first-order valence-corrected chi connectivity index (χ1v) is 7.07. The fourth-order valence-corrected chi connectivity index (χ4v) is 4.53. The highest BCUT2D eigenvalue weighted by atomic mass is 16.5. The van der Waals surface area contributed by atoms with Crippen LogP contribution in [0.15, 0.2) is 23.8 Å². The van der Waals surface area contributed by atoms with Crippen molar-refractivity contribution in [2.45, 2.75) is 20.3 Å². The molecule has 4 heteroatoms. The second kappa shape index (κ2) is 4.21. The SMILES string of the molecule is C=C1C(=O)OC[C@H]2[C@H](C(=O)OC)C[C@@H]3[C@H](C)C(C)=C[C@@]132. The first kappa shape index (κ1) is 13.4. The zero-order valence-corrected chi connectivity index (χ0v) is 12.1. The van der Waals surface area contributed by atoms with Crippen LogP contribution in [0.5, 0.6) is 0 Å². The Morgan fingerprint density at radius 3 is 2.85 bits per heavy atom. The lowest BCUT2D eigenvalue weighted by atomic mass is 9.66. The molecular formula is C16H20O4. The lowest BCUT2D eigenvalue weighted by Gasteiger charge is -2.40. The van der Waals surface area contributed by atoms with Crippen LogP contribution in [0, 0.1) is 29.1 Å². The van der Waals surface area contributed by atoms with E-state index in [1.54, 1.807) is 0 Å². The molecule has 3 aliphatic rings. The summed E-state index contributed by atoms with van der Waals surface area (Å²) in [4.78, 5) is 24.0. The highest BCUT2D eigenvalue weighted by Crippen LogP contribution is 2.65. The molecule has 0 radical (unpaired) electrons. The molecular weight excluding hydrogens is 256 g/mol. The van der Waals surface area contributed by atoms with E-state index in [1.807, 2.05) is 0 Å². The number of allylic oxidation sites excluding steroid dienone is 2. The summed E-state index contributed by atoms with van der Waals surface area (Å²) in [5.74, 6) is -0.166. The van der Waals surface area contributed by atoms with E-state index in [2.05, 4.69) is 26.5 Å². The Morgan fingerprint density at radius 2 is 2.20 bits per heavy atom. The van der Waals surface area contributed by atoms with Gasteiger partial charge in [-0.1, -0.05) is 25.2 Å². The zero-order valence-electron chi connectivity index (χ0n) is 12.1. The van der Waals surface area contributed by atoms with Gasteiger partial charge in [0.2, 0.25) is 0 Å². The summed E-state index contributed by atoms with van der Waals surface area (Å²) in [6.45, 7) is 8.53. The lowest BCUT2D eigenvalue weighted by Crippen LogP contribution is -2.44. The first-order chi connectivity index (χ1) is 9.43. The van der Waals surface area contributed by atoms with Crippen LogP contribution in [0.25, 0.3) is 0 Å². The Hall–Kier alpha value is -1.58. The summed E-state index contributed by atoms with van der Waals surface area (Å²) in [6, 6.07) is 0. The summed E-state index contributed by atoms with van der Waals surface area (Å²) in [5, 5.41) is 0. The molecule has 0 bridgehead atoms. The third-order valence-corrected chi connectivity index (χ3v) is 5.68. The highest BCUT2D eigenvalue weighted by molar-refractivity contribution is 5.92. The fraction of sp³-hybridized carbons (Fsp3) is 0.625. The predicted molar refractivity (Wildman–Crippen MR) is 72.6 cm³/mol. The quantitative estimate of drug-likeness (QED) is 0.418. The van der Waals surface area contributed by atoms with E-state index in [4.69, 9.17) is 9.47 Å². The molecule has 3 rings (SSSR count). The number of hydrogen-bond donors (Lipinski definition) is 0. The van der Waals surface area contributed by atoms with E-state index >= 15 is 0 Å². The Balaban J connectivity index is 2.10. The van der Waals surface area contributed by atoms with Crippen LogP contribution >= 0.6 is 0 Å². The molecule has 5 atom stereocenters. The van der Waals surface area contributed by atoms with E-state index in [0.717, 1.165) is 6.42 Å². The molecule has 1 saturated carbocycles. The fourth-order valence-electron chi connectivity index (χ4n) is 4.53. The molecule has 2 fully saturated rings. The maximum absolute atomic E-state index is 12.1. The van der Waals surface area contributed by atoms with Crippen molar-refractivity contribution < 1.29 is 19.1 Å². The van der Waals surface area contributed by atoms with Crippen molar-refractivity contribution in [2.24, 2.45) is 29.1 Å². The molecule has 0 aromatic rings. The number of rotatable bonds is 1. The van der Waals surface area contributed by atoms with Gasteiger partial charge in [-0.05, 0) is 25.2 Å². The van der Waals surface area contributed by atoms with Crippen molar-refractivity contribution in [3.63, 3.8) is 0 Å². The third kappa shape index (κ3) is 1.42. The van der Waals surface area contributed by atoms with Gasteiger partial charge in [0, 0.05) is 16.9 Å². The summed E-state index contributed by atoms with van der Waals surface area (Å²) in [6.07, 6.45) is 2.90. The second-order valence-corrected chi connectivity index (χ2v) is 6.27. The highest BCUT2D eigenvalue weighted by Gasteiger charge is 2.64. The molecule has 1 heterocycles. The lowest BCUT2D eigenvalue weighted by molar-refractivity contribution is -0.155. The molecule has 1 saturated heterocycles. The van der Waals surface area contributed by atoms with Crippen molar-refractivity contribution in [1.82, 2.24) is 0 Å². The van der Waals surface area contributed by atoms with Gasteiger partial charge < -0.3 is 9.47 Å². The van der Waals surface area contributed by atoms with Gasteiger partial charge in [0.05, 0.1) is 19.6 Å². The van der Waals surface area contributed by atoms with Crippen LogP contribution in [-0.2, 0) is 19.1 Å². The molecule has 1 aliphatic heterocycles. The molecule has 2 aliphatic carbocycles. The minimum absolute atomic E-state index is 0.0370. The van der Waals surface area contributed by atoms with Gasteiger partial charge in [0.25, 0.3) is 0 Å². The number of methoxy groups -OCH3 is 1. The number of esters is 2. The van der Waals surface area contributed by atoms with Crippen LogP contribution in [0.2, 0.25) is 0 Å². The molecule has 108 valence electrons. The summed E-state index contributed by atoms with van der Waals surface area (Å²) in [7, 11) is 1.41. The largest absolute Gasteiger partial charge is 0.469 e. The van der Waals surface area contributed by atoms with E-state index in [0.29, 0.717) is 11.5 Å². The number of hydrogen-bond acceptors (Lipinski definition) is 4. The standard InChI is InChI=1S/C16H20O4/c1-8-6-16-10(3)14(17)20-7-13(16)11(15(18)19-4)5-12(16)9(8)2/h6,9,11-13H,3,5,7H2,1-2,4H3/t9-,11-,12-,13+,16-/m1/s1. The monoisotopic (exact) mass is 276 g/mol. The summed E-state index contributed by atoms with van der Waals surface area (Å²) < 4.78 is 10.2. The Kier molecular flexibility index (Phi) is 2.82. The Bertz CT molecular complexity index is 533. The first-order valence-electron chi connectivity index (χ1n) is 7.07. The van der Waals surface area contributed by atoms with Crippen LogP contribution in [-0.4, -0.2) is 25.7 Å². The molecule has 1 spiro atoms. The predicted octanol–water partition coefficient (Wildman–Crippen LogP) is 2.11. The molecule has 0 amide bonds. The van der Waals surface area contributed by atoms with Gasteiger partial charge in [0.15, 0.2) is 0 Å². The van der Waals surface area contributed by atoms with Crippen molar-refractivity contribution in [3.05, 3.63) is 23.8 Å². The Morgan fingerprint density at radius 1 is 1.50 bits per heavy atom. The average molecular weight is 276 g/mol.